The van der Waals surface area contributed by atoms with Crippen molar-refractivity contribution in [2.24, 2.45) is 0 Å². The average molecular weight is 284 g/mol. The lowest BCUT2D eigenvalue weighted by atomic mass is 10.2. The molecule has 0 unspecified atom stereocenters. The van der Waals surface area contributed by atoms with E-state index in [9.17, 15) is 9.50 Å². The maximum atomic E-state index is 12.8. The Labute approximate surface area is 80.5 Å². The second-order valence-electron chi connectivity index (χ2n) is 2.13. The second kappa shape index (κ2) is 3.11. The van der Waals surface area contributed by atoms with Crippen molar-refractivity contribution < 1.29 is 9.50 Å². The fourth-order valence-electron chi connectivity index (χ4n) is 0.675. The normalized spacial score (nSPS) is 10.2. The van der Waals surface area contributed by atoms with Gasteiger partial charge >= 0.3 is 0 Å². The Morgan fingerprint density at radius 3 is 2.55 bits per heavy atom. The van der Waals surface area contributed by atoms with Gasteiger partial charge in [0.2, 0.25) is 0 Å². The van der Waals surface area contributed by atoms with E-state index >= 15 is 0 Å². The molecule has 1 rings (SSSR count). The Kier molecular flexibility index (Phi) is 2.54. The van der Waals surface area contributed by atoms with Crippen molar-refractivity contribution >= 4 is 31.9 Å². The Morgan fingerprint density at radius 1 is 1.45 bits per heavy atom. The molecule has 0 amide bonds. The molecule has 0 aromatic heterocycles. The van der Waals surface area contributed by atoms with Gasteiger partial charge in [0.1, 0.15) is 11.6 Å². The fourth-order valence-corrected chi connectivity index (χ4v) is 1.74. The summed E-state index contributed by atoms with van der Waals surface area (Å²) in [5.74, 6) is -0.314. The monoisotopic (exact) mass is 282 g/mol. The molecule has 0 bridgehead atoms. The molecule has 0 aliphatic rings. The maximum Gasteiger partial charge on any atom is 0.144 e. The van der Waals surface area contributed by atoms with E-state index in [4.69, 9.17) is 0 Å². The van der Waals surface area contributed by atoms with Crippen LogP contribution < -0.4 is 0 Å². The van der Waals surface area contributed by atoms with Gasteiger partial charge in [0.25, 0.3) is 0 Å². The van der Waals surface area contributed by atoms with Crippen LogP contribution in [0.5, 0.6) is 5.75 Å². The summed E-state index contributed by atoms with van der Waals surface area (Å²) in [4.78, 5) is 0. The Bertz CT molecular complexity index is 273. The quantitative estimate of drug-likeness (QED) is 0.774. The van der Waals surface area contributed by atoms with Gasteiger partial charge < -0.3 is 5.11 Å². The van der Waals surface area contributed by atoms with Crippen LogP contribution in [0, 0.1) is 12.7 Å². The third kappa shape index (κ3) is 1.56. The van der Waals surface area contributed by atoms with Crippen LogP contribution in [-0.4, -0.2) is 5.11 Å². The van der Waals surface area contributed by atoms with Gasteiger partial charge in [0.05, 0.1) is 8.95 Å². The van der Waals surface area contributed by atoms with E-state index in [0.717, 1.165) is 0 Å². The highest BCUT2D eigenvalue weighted by Crippen LogP contribution is 2.35. The minimum Gasteiger partial charge on any atom is -0.506 e. The molecule has 0 heterocycles. The van der Waals surface area contributed by atoms with Crippen molar-refractivity contribution in [2.75, 3.05) is 0 Å². The van der Waals surface area contributed by atoms with E-state index in [1.165, 1.54) is 6.07 Å². The Morgan fingerprint density at radius 2 is 2.00 bits per heavy atom. The van der Waals surface area contributed by atoms with Gasteiger partial charge in [-0.25, -0.2) is 4.39 Å². The van der Waals surface area contributed by atoms with Crippen LogP contribution in [0.25, 0.3) is 0 Å². The molecule has 1 N–H and O–H groups in total. The van der Waals surface area contributed by atoms with E-state index in [0.29, 0.717) is 14.5 Å². The molecular weight excluding hydrogens is 279 g/mol. The fraction of sp³-hybridized carbons (Fsp3) is 0.143. The number of hydrogen-bond acceptors (Lipinski definition) is 1. The first kappa shape index (κ1) is 9.00. The van der Waals surface area contributed by atoms with Crippen LogP contribution in [0.1, 0.15) is 5.56 Å². The molecular formula is C7H5Br2FO. The molecule has 0 spiro atoms. The largest absolute Gasteiger partial charge is 0.506 e. The predicted molar refractivity (Wildman–Crippen MR) is 48.2 cm³/mol. The molecule has 0 saturated heterocycles. The first-order valence-corrected chi connectivity index (χ1v) is 4.45. The minimum atomic E-state index is -0.346. The molecule has 0 radical (unpaired) electrons. The zero-order valence-electron chi connectivity index (χ0n) is 5.66. The number of phenols is 1. The van der Waals surface area contributed by atoms with Gasteiger partial charge in [-0.05, 0) is 44.8 Å². The number of halogens is 3. The Balaban J connectivity index is 3.46. The standard InChI is InChI=1S/C7H5Br2FO/c1-3-5(10)2-4(8)7(11)6(3)9/h2,11H,1H3. The molecule has 1 aromatic carbocycles. The molecule has 0 fully saturated rings. The summed E-state index contributed by atoms with van der Waals surface area (Å²) in [6.07, 6.45) is 0. The lowest BCUT2D eigenvalue weighted by molar-refractivity contribution is 0.464. The first-order valence-electron chi connectivity index (χ1n) is 2.87. The highest BCUT2D eigenvalue weighted by atomic mass is 79.9. The molecule has 60 valence electrons. The summed E-state index contributed by atoms with van der Waals surface area (Å²) in [7, 11) is 0. The van der Waals surface area contributed by atoms with E-state index in [1.54, 1.807) is 6.92 Å². The summed E-state index contributed by atoms with van der Waals surface area (Å²) in [6.45, 7) is 1.59. The first-order chi connectivity index (χ1) is 5.04. The molecule has 0 atom stereocenters. The second-order valence-corrected chi connectivity index (χ2v) is 3.78. The SMILES string of the molecule is Cc1c(F)cc(Br)c(O)c1Br. The summed E-state index contributed by atoms with van der Waals surface area (Å²) < 4.78 is 13.6. The van der Waals surface area contributed by atoms with Crippen LogP contribution in [0.4, 0.5) is 4.39 Å². The smallest absolute Gasteiger partial charge is 0.144 e. The van der Waals surface area contributed by atoms with E-state index in [1.807, 2.05) is 0 Å². The van der Waals surface area contributed by atoms with Crippen LogP contribution in [0.3, 0.4) is 0 Å². The molecule has 0 aliphatic carbocycles. The van der Waals surface area contributed by atoms with E-state index in [2.05, 4.69) is 31.9 Å². The molecule has 1 nitrogen and oxygen atoms in total. The molecule has 11 heavy (non-hydrogen) atoms. The zero-order chi connectivity index (χ0) is 8.59. The van der Waals surface area contributed by atoms with Crippen molar-refractivity contribution in [3.05, 3.63) is 26.4 Å². The van der Waals surface area contributed by atoms with Gasteiger partial charge in [-0.2, -0.15) is 0 Å². The lowest BCUT2D eigenvalue weighted by Gasteiger charge is -2.04. The van der Waals surface area contributed by atoms with Crippen LogP contribution in [-0.2, 0) is 0 Å². The molecule has 0 aliphatic heterocycles. The summed E-state index contributed by atoms with van der Waals surface area (Å²) >= 11 is 6.07. The van der Waals surface area contributed by atoms with Gasteiger partial charge in [-0.1, -0.05) is 0 Å². The Hall–Kier alpha value is -0.0900. The number of aromatic hydroxyl groups is 1. The lowest BCUT2D eigenvalue weighted by Crippen LogP contribution is -1.85. The molecule has 1 aromatic rings. The highest BCUT2D eigenvalue weighted by Gasteiger charge is 2.10. The third-order valence-corrected chi connectivity index (χ3v) is 2.95. The van der Waals surface area contributed by atoms with Gasteiger partial charge in [-0.3, -0.25) is 0 Å². The summed E-state index contributed by atoms with van der Waals surface area (Å²) in [6, 6.07) is 1.23. The van der Waals surface area contributed by atoms with Crippen LogP contribution in [0.15, 0.2) is 15.0 Å². The number of phenolic OH excluding ortho intramolecular Hbond substituents is 1. The van der Waals surface area contributed by atoms with E-state index < -0.39 is 0 Å². The minimum absolute atomic E-state index is 0.0314. The third-order valence-electron chi connectivity index (χ3n) is 1.38. The van der Waals surface area contributed by atoms with Crippen molar-refractivity contribution in [3.8, 4) is 5.75 Å². The van der Waals surface area contributed by atoms with Crippen LogP contribution in [0.2, 0.25) is 0 Å². The van der Waals surface area contributed by atoms with Gasteiger partial charge in [0.15, 0.2) is 0 Å². The van der Waals surface area contributed by atoms with Gasteiger partial charge in [0, 0.05) is 5.56 Å². The van der Waals surface area contributed by atoms with Gasteiger partial charge in [-0.15, -0.1) is 0 Å². The van der Waals surface area contributed by atoms with Crippen molar-refractivity contribution in [3.63, 3.8) is 0 Å². The molecule has 0 saturated carbocycles. The maximum absolute atomic E-state index is 12.8. The average Bonchev–Trinajstić information content (AvgIpc) is 1.97. The molecule has 4 heteroatoms. The number of rotatable bonds is 0. The van der Waals surface area contributed by atoms with Crippen molar-refractivity contribution in [1.82, 2.24) is 0 Å². The van der Waals surface area contributed by atoms with Crippen molar-refractivity contribution in [2.45, 2.75) is 6.92 Å². The highest BCUT2D eigenvalue weighted by molar-refractivity contribution is 9.11. The van der Waals surface area contributed by atoms with E-state index in [-0.39, 0.29) is 11.6 Å². The topological polar surface area (TPSA) is 20.2 Å². The predicted octanol–water partition coefficient (Wildman–Crippen LogP) is 3.36. The van der Waals surface area contributed by atoms with Crippen LogP contribution >= 0.6 is 31.9 Å². The number of benzene rings is 1. The summed E-state index contributed by atoms with van der Waals surface area (Å²) in [5, 5.41) is 9.25. The number of hydrogen-bond donors (Lipinski definition) is 1. The zero-order valence-corrected chi connectivity index (χ0v) is 8.83. The summed E-state index contributed by atoms with van der Waals surface area (Å²) in [5.41, 5.74) is 0.408. The van der Waals surface area contributed by atoms with Crippen molar-refractivity contribution in [1.29, 1.82) is 0 Å².